The van der Waals surface area contributed by atoms with Gasteiger partial charge in [-0.05, 0) is 12.8 Å². The highest BCUT2D eigenvalue weighted by atomic mass is 16.2. The second-order valence-electron chi connectivity index (χ2n) is 2.76. The van der Waals surface area contributed by atoms with Crippen LogP contribution in [0.15, 0.2) is 0 Å². The van der Waals surface area contributed by atoms with E-state index in [-0.39, 0.29) is 12.8 Å². The maximum absolute atomic E-state index is 11.2. The Bertz CT molecular complexity index is 183. The van der Waals surface area contributed by atoms with Gasteiger partial charge in [0.25, 0.3) is 0 Å². The Labute approximate surface area is 77.9 Å². The van der Waals surface area contributed by atoms with E-state index in [1.165, 1.54) is 0 Å². The summed E-state index contributed by atoms with van der Waals surface area (Å²) >= 11 is 0. The molecule has 0 aliphatic rings. The molecule has 0 aromatic rings. The first-order chi connectivity index (χ1) is 6.17. The summed E-state index contributed by atoms with van der Waals surface area (Å²) in [7, 11) is 0. The summed E-state index contributed by atoms with van der Waals surface area (Å²) in [6, 6.07) is 0. The van der Waals surface area contributed by atoms with Gasteiger partial charge in [-0.3, -0.25) is 14.4 Å². The predicted molar refractivity (Wildman–Crippen MR) is 47.7 cm³/mol. The Balaban J connectivity index is 4.23. The lowest BCUT2D eigenvalue weighted by Gasteiger charge is -2.11. The van der Waals surface area contributed by atoms with Crippen molar-refractivity contribution < 1.29 is 14.4 Å². The van der Waals surface area contributed by atoms with Crippen LogP contribution in [0.25, 0.3) is 0 Å². The molecule has 0 atom stereocenters. The predicted octanol–water partition coefficient (Wildman–Crippen LogP) is 1.10. The molecule has 0 rings (SSSR count). The van der Waals surface area contributed by atoms with Gasteiger partial charge in [-0.1, -0.05) is 13.8 Å². The van der Waals surface area contributed by atoms with E-state index in [9.17, 15) is 14.4 Å². The van der Waals surface area contributed by atoms with E-state index < -0.39 is 11.8 Å². The number of hydrogen-bond donors (Lipinski definition) is 0. The summed E-state index contributed by atoms with van der Waals surface area (Å²) in [6.45, 7) is 3.65. The van der Waals surface area contributed by atoms with E-state index in [1.54, 1.807) is 0 Å². The van der Waals surface area contributed by atoms with E-state index in [4.69, 9.17) is 0 Å². The maximum atomic E-state index is 11.2. The molecular weight excluding hydrogens is 170 g/mol. The van der Waals surface area contributed by atoms with Gasteiger partial charge in [-0.2, -0.15) is 0 Å². The molecule has 0 aromatic carbocycles. The Morgan fingerprint density at radius 2 is 1.46 bits per heavy atom. The third-order valence-electron chi connectivity index (χ3n) is 1.57. The first-order valence-corrected chi connectivity index (χ1v) is 4.47. The van der Waals surface area contributed by atoms with Crippen LogP contribution in [0.4, 0.5) is 0 Å². The molecule has 4 heteroatoms. The van der Waals surface area contributed by atoms with E-state index in [0.29, 0.717) is 24.2 Å². The van der Waals surface area contributed by atoms with Crippen molar-refractivity contribution >= 4 is 18.2 Å². The van der Waals surface area contributed by atoms with Gasteiger partial charge >= 0.3 is 0 Å². The van der Waals surface area contributed by atoms with Crippen molar-refractivity contribution in [1.29, 1.82) is 0 Å². The van der Waals surface area contributed by atoms with Crippen LogP contribution in [-0.2, 0) is 14.4 Å². The molecule has 0 fully saturated rings. The minimum absolute atomic E-state index is 0.244. The molecule has 0 radical (unpaired) electrons. The monoisotopic (exact) mass is 185 g/mol. The van der Waals surface area contributed by atoms with Gasteiger partial charge in [0.1, 0.15) is 0 Å². The van der Waals surface area contributed by atoms with Crippen LogP contribution in [0, 0.1) is 0 Å². The first-order valence-electron chi connectivity index (χ1n) is 4.47. The molecule has 0 heterocycles. The van der Waals surface area contributed by atoms with Gasteiger partial charge < -0.3 is 0 Å². The fraction of sp³-hybridized carbons (Fsp3) is 0.667. The minimum atomic E-state index is -0.407. The average Bonchev–Trinajstić information content (AvgIpc) is 2.06. The van der Waals surface area contributed by atoms with Gasteiger partial charge in [-0.15, -0.1) is 0 Å². The van der Waals surface area contributed by atoms with Crippen LogP contribution >= 0.6 is 0 Å². The molecule has 0 aliphatic carbocycles. The smallest absolute Gasteiger partial charge is 0.235 e. The third kappa shape index (κ3) is 3.83. The van der Waals surface area contributed by atoms with E-state index in [0.717, 1.165) is 0 Å². The van der Waals surface area contributed by atoms with Crippen LogP contribution in [0.1, 0.15) is 39.5 Å². The number of hydrogen-bond acceptors (Lipinski definition) is 3. The van der Waals surface area contributed by atoms with Gasteiger partial charge in [0.2, 0.25) is 18.2 Å². The lowest BCUT2D eigenvalue weighted by atomic mass is 10.2. The average molecular weight is 185 g/mol. The minimum Gasteiger partial charge on any atom is -0.278 e. The Morgan fingerprint density at radius 3 is 1.69 bits per heavy atom. The molecular formula is C9H15NO3. The number of imide groups is 3. The Morgan fingerprint density at radius 1 is 1.08 bits per heavy atom. The molecule has 13 heavy (non-hydrogen) atoms. The summed E-state index contributed by atoms with van der Waals surface area (Å²) in [5, 5.41) is 0. The van der Waals surface area contributed by atoms with Crippen molar-refractivity contribution in [2.45, 2.75) is 39.5 Å². The zero-order valence-electron chi connectivity index (χ0n) is 8.08. The standard InChI is InChI=1S/C9H15NO3/c1-3-5-8(12)10(7-11)9(13)6-4-2/h7H,3-6H2,1-2H3. The fourth-order valence-electron chi connectivity index (χ4n) is 0.925. The van der Waals surface area contributed by atoms with Crippen molar-refractivity contribution in [3.8, 4) is 0 Å². The molecule has 0 spiro atoms. The number of carbonyl (C=O) groups is 3. The highest BCUT2D eigenvalue weighted by molar-refractivity contribution is 6.04. The fourth-order valence-corrected chi connectivity index (χ4v) is 0.925. The first kappa shape index (κ1) is 11.8. The van der Waals surface area contributed by atoms with Crippen LogP contribution in [-0.4, -0.2) is 23.1 Å². The topological polar surface area (TPSA) is 54.5 Å². The van der Waals surface area contributed by atoms with Gasteiger partial charge in [-0.25, -0.2) is 4.90 Å². The van der Waals surface area contributed by atoms with E-state index in [1.807, 2.05) is 13.8 Å². The van der Waals surface area contributed by atoms with E-state index in [2.05, 4.69) is 0 Å². The quantitative estimate of drug-likeness (QED) is 0.602. The highest BCUT2D eigenvalue weighted by Gasteiger charge is 2.18. The highest BCUT2D eigenvalue weighted by Crippen LogP contribution is 2.00. The summed E-state index contributed by atoms with van der Waals surface area (Å²) in [4.78, 5) is 33.4. The number of amides is 3. The Kier molecular flexibility index (Phi) is 5.76. The van der Waals surface area contributed by atoms with Crippen LogP contribution in [0.2, 0.25) is 0 Å². The summed E-state index contributed by atoms with van der Waals surface area (Å²) in [5.74, 6) is -0.813. The lowest BCUT2D eigenvalue weighted by Crippen LogP contribution is -2.35. The van der Waals surface area contributed by atoms with Gasteiger partial charge in [0, 0.05) is 12.8 Å². The molecule has 74 valence electrons. The largest absolute Gasteiger partial charge is 0.278 e. The number of rotatable bonds is 5. The van der Waals surface area contributed by atoms with Crippen molar-refractivity contribution in [2.24, 2.45) is 0 Å². The third-order valence-corrected chi connectivity index (χ3v) is 1.57. The molecule has 0 bridgehead atoms. The van der Waals surface area contributed by atoms with Crippen molar-refractivity contribution in [1.82, 2.24) is 4.90 Å². The van der Waals surface area contributed by atoms with E-state index >= 15 is 0 Å². The van der Waals surface area contributed by atoms with Crippen molar-refractivity contribution in [3.63, 3.8) is 0 Å². The zero-order valence-corrected chi connectivity index (χ0v) is 8.08. The maximum Gasteiger partial charge on any atom is 0.235 e. The van der Waals surface area contributed by atoms with Gasteiger partial charge in [0.05, 0.1) is 0 Å². The summed E-state index contributed by atoms with van der Waals surface area (Å²) in [5.41, 5.74) is 0. The number of carbonyl (C=O) groups excluding carboxylic acids is 3. The molecule has 0 saturated heterocycles. The molecule has 4 nitrogen and oxygen atoms in total. The zero-order chi connectivity index (χ0) is 10.3. The number of nitrogens with zero attached hydrogens (tertiary/aromatic N) is 1. The van der Waals surface area contributed by atoms with Gasteiger partial charge in [0.15, 0.2) is 0 Å². The summed E-state index contributed by atoms with van der Waals surface area (Å²) in [6.07, 6.45) is 2.07. The molecule has 3 amide bonds. The Hall–Kier alpha value is -1.19. The SMILES string of the molecule is CCCC(=O)N(C=O)C(=O)CCC. The lowest BCUT2D eigenvalue weighted by molar-refractivity contribution is -0.149. The van der Waals surface area contributed by atoms with Crippen LogP contribution in [0.3, 0.4) is 0 Å². The molecule has 0 aromatic heterocycles. The van der Waals surface area contributed by atoms with Crippen molar-refractivity contribution in [3.05, 3.63) is 0 Å². The van der Waals surface area contributed by atoms with Crippen LogP contribution < -0.4 is 0 Å². The van der Waals surface area contributed by atoms with Crippen molar-refractivity contribution in [2.75, 3.05) is 0 Å². The molecule has 0 N–H and O–H groups in total. The summed E-state index contributed by atoms with van der Waals surface area (Å²) < 4.78 is 0. The van der Waals surface area contributed by atoms with Crippen LogP contribution in [0.5, 0.6) is 0 Å². The molecule has 0 aliphatic heterocycles. The second kappa shape index (κ2) is 6.34. The molecule has 0 saturated carbocycles. The normalized spacial score (nSPS) is 9.38. The second-order valence-corrected chi connectivity index (χ2v) is 2.76. The molecule has 0 unspecified atom stereocenters.